The highest BCUT2D eigenvalue weighted by atomic mass is 16.3. The second-order valence-electron chi connectivity index (χ2n) is 5.42. The van der Waals surface area contributed by atoms with E-state index < -0.39 is 0 Å². The zero-order valence-electron chi connectivity index (χ0n) is 12.8. The summed E-state index contributed by atoms with van der Waals surface area (Å²) >= 11 is 0. The van der Waals surface area contributed by atoms with Crippen LogP contribution in [-0.4, -0.2) is 66.2 Å². The molecule has 1 atom stereocenters. The van der Waals surface area contributed by atoms with E-state index in [0.29, 0.717) is 17.8 Å². The van der Waals surface area contributed by atoms with Gasteiger partial charge in [-0.1, -0.05) is 12.1 Å². The third-order valence-corrected chi connectivity index (χ3v) is 4.06. The molecule has 6 heteroatoms. The summed E-state index contributed by atoms with van der Waals surface area (Å²) in [5, 5.41) is 20.8. The molecule has 1 saturated heterocycles. The third-order valence-electron chi connectivity index (χ3n) is 4.06. The van der Waals surface area contributed by atoms with Gasteiger partial charge in [0.1, 0.15) is 6.07 Å². The van der Waals surface area contributed by atoms with Crippen LogP contribution < -0.4 is 5.32 Å². The van der Waals surface area contributed by atoms with Gasteiger partial charge in [0.15, 0.2) is 0 Å². The second-order valence-corrected chi connectivity index (χ2v) is 5.42. The monoisotopic (exact) mass is 302 g/mol. The lowest BCUT2D eigenvalue weighted by Gasteiger charge is -2.37. The second kappa shape index (κ2) is 7.90. The SMILES string of the molecule is CC(C(=O)Nc1ccccc1C#N)N1CCN(CCO)CC1. The van der Waals surface area contributed by atoms with Gasteiger partial charge < -0.3 is 10.4 Å². The predicted molar refractivity (Wildman–Crippen MR) is 84.3 cm³/mol. The number of hydrogen-bond acceptors (Lipinski definition) is 5. The fourth-order valence-corrected chi connectivity index (χ4v) is 2.61. The molecule has 0 radical (unpaired) electrons. The molecule has 0 aliphatic carbocycles. The van der Waals surface area contributed by atoms with Gasteiger partial charge in [-0.15, -0.1) is 0 Å². The molecule has 2 rings (SSSR count). The van der Waals surface area contributed by atoms with Crippen LogP contribution in [0.1, 0.15) is 12.5 Å². The lowest BCUT2D eigenvalue weighted by atomic mass is 10.1. The Morgan fingerprint density at radius 3 is 2.68 bits per heavy atom. The molecule has 0 bridgehead atoms. The fraction of sp³-hybridized carbons (Fsp3) is 0.500. The summed E-state index contributed by atoms with van der Waals surface area (Å²) in [6.45, 7) is 6.04. The number of nitrogens with zero attached hydrogens (tertiary/aromatic N) is 3. The van der Waals surface area contributed by atoms with E-state index in [9.17, 15) is 4.79 Å². The number of β-amino-alcohol motifs (C(OH)–C–C–N with tert-alkyl or cyclic N) is 1. The highest BCUT2D eigenvalue weighted by Crippen LogP contribution is 2.15. The number of benzene rings is 1. The van der Waals surface area contributed by atoms with Gasteiger partial charge in [0, 0.05) is 32.7 Å². The van der Waals surface area contributed by atoms with Crippen LogP contribution in [0, 0.1) is 11.3 Å². The average Bonchev–Trinajstić information content (AvgIpc) is 2.55. The molecule has 1 aromatic carbocycles. The maximum Gasteiger partial charge on any atom is 0.241 e. The van der Waals surface area contributed by atoms with Crippen molar-refractivity contribution in [3.63, 3.8) is 0 Å². The first-order valence-electron chi connectivity index (χ1n) is 7.53. The number of nitriles is 1. The zero-order chi connectivity index (χ0) is 15.9. The van der Waals surface area contributed by atoms with Crippen LogP contribution in [0.15, 0.2) is 24.3 Å². The summed E-state index contributed by atoms with van der Waals surface area (Å²) in [4.78, 5) is 16.7. The molecule has 6 nitrogen and oxygen atoms in total. The molecule has 0 saturated carbocycles. The van der Waals surface area contributed by atoms with Crippen LogP contribution in [0.4, 0.5) is 5.69 Å². The van der Waals surface area contributed by atoms with Gasteiger partial charge in [-0.2, -0.15) is 5.26 Å². The minimum atomic E-state index is -0.247. The first kappa shape index (κ1) is 16.4. The minimum Gasteiger partial charge on any atom is -0.395 e. The molecule has 1 aliphatic heterocycles. The third kappa shape index (κ3) is 4.04. The van der Waals surface area contributed by atoms with Crippen molar-refractivity contribution in [1.29, 1.82) is 5.26 Å². The Morgan fingerprint density at radius 1 is 1.36 bits per heavy atom. The molecular weight excluding hydrogens is 280 g/mol. The molecule has 1 fully saturated rings. The molecule has 1 aliphatic rings. The first-order chi connectivity index (χ1) is 10.7. The summed E-state index contributed by atoms with van der Waals surface area (Å²) in [6.07, 6.45) is 0. The normalized spacial score (nSPS) is 17.7. The molecule has 1 heterocycles. The Labute approximate surface area is 130 Å². The lowest BCUT2D eigenvalue weighted by Crippen LogP contribution is -2.53. The predicted octanol–water partition coefficient (Wildman–Crippen LogP) is 0.495. The summed E-state index contributed by atoms with van der Waals surface area (Å²) in [6, 6.07) is 8.84. The Kier molecular flexibility index (Phi) is 5.90. The molecule has 1 amide bonds. The molecular formula is C16H22N4O2. The van der Waals surface area contributed by atoms with E-state index in [1.54, 1.807) is 24.3 Å². The number of aliphatic hydroxyl groups is 1. The van der Waals surface area contributed by atoms with Crippen molar-refractivity contribution >= 4 is 11.6 Å². The Bertz CT molecular complexity index is 547. The summed E-state index contributed by atoms with van der Waals surface area (Å²) < 4.78 is 0. The number of piperazine rings is 1. The number of carbonyl (C=O) groups is 1. The summed E-state index contributed by atoms with van der Waals surface area (Å²) in [5.41, 5.74) is 1.02. The van der Waals surface area contributed by atoms with Crippen molar-refractivity contribution in [2.75, 3.05) is 44.6 Å². The van der Waals surface area contributed by atoms with E-state index in [1.807, 2.05) is 6.92 Å². The van der Waals surface area contributed by atoms with Crippen molar-refractivity contribution in [3.8, 4) is 6.07 Å². The van der Waals surface area contributed by atoms with Gasteiger partial charge in [0.2, 0.25) is 5.91 Å². The van der Waals surface area contributed by atoms with Crippen molar-refractivity contribution < 1.29 is 9.90 Å². The largest absolute Gasteiger partial charge is 0.395 e. The smallest absolute Gasteiger partial charge is 0.241 e. The Morgan fingerprint density at radius 2 is 2.05 bits per heavy atom. The molecule has 0 spiro atoms. The fourth-order valence-electron chi connectivity index (χ4n) is 2.61. The average molecular weight is 302 g/mol. The molecule has 22 heavy (non-hydrogen) atoms. The van der Waals surface area contributed by atoms with Crippen LogP contribution in [0.3, 0.4) is 0 Å². The highest BCUT2D eigenvalue weighted by Gasteiger charge is 2.25. The maximum atomic E-state index is 12.4. The quantitative estimate of drug-likeness (QED) is 0.828. The first-order valence-corrected chi connectivity index (χ1v) is 7.53. The van der Waals surface area contributed by atoms with E-state index in [1.165, 1.54) is 0 Å². The number of nitrogens with one attached hydrogen (secondary N) is 1. The van der Waals surface area contributed by atoms with Crippen molar-refractivity contribution in [3.05, 3.63) is 29.8 Å². The Balaban J connectivity index is 1.92. The van der Waals surface area contributed by atoms with E-state index >= 15 is 0 Å². The maximum absolute atomic E-state index is 12.4. The number of carbonyl (C=O) groups excluding carboxylic acids is 1. The van der Waals surface area contributed by atoms with Gasteiger partial charge in [0.05, 0.1) is 23.9 Å². The van der Waals surface area contributed by atoms with Crippen LogP contribution >= 0.6 is 0 Å². The van der Waals surface area contributed by atoms with Gasteiger partial charge >= 0.3 is 0 Å². The highest BCUT2D eigenvalue weighted by molar-refractivity contribution is 5.95. The van der Waals surface area contributed by atoms with E-state index in [0.717, 1.165) is 26.2 Å². The lowest BCUT2D eigenvalue weighted by molar-refractivity contribution is -0.121. The van der Waals surface area contributed by atoms with Gasteiger partial charge in [-0.3, -0.25) is 14.6 Å². The van der Waals surface area contributed by atoms with Crippen LogP contribution in [0.25, 0.3) is 0 Å². The number of rotatable bonds is 5. The van der Waals surface area contributed by atoms with Crippen LogP contribution in [0.5, 0.6) is 0 Å². The molecule has 1 unspecified atom stereocenters. The topological polar surface area (TPSA) is 79.6 Å². The Hall–Kier alpha value is -1.94. The number of anilines is 1. The number of aliphatic hydroxyl groups excluding tert-OH is 1. The van der Waals surface area contributed by atoms with Gasteiger partial charge in [0.25, 0.3) is 0 Å². The number of amides is 1. The van der Waals surface area contributed by atoms with Gasteiger partial charge in [-0.05, 0) is 19.1 Å². The van der Waals surface area contributed by atoms with Gasteiger partial charge in [-0.25, -0.2) is 0 Å². The van der Waals surface area contributed by atoms with E-state index in [4.69, 9.17) is 10.4 Å². The molecule has 1 aromatic rings. The molecule has 0 aromatic heterocycles. The summed E-state index contributed by atoms with van der Waals surface area (Å²) in [7, 11) is 0. The van der Waals surface area contributed by atoms with E-state index in [2.05, 4.69) is 21.2 Å². The van der Waals surface area contributed by atoms with Crippen LogP contribution in [-0.2, 0) is 4.79 Å². The van der Waals surface area contributed by atoms with Crippen molar-refractivity contribution in [2.24, 2.45) is 0 Å². The molecule has 118 valence electrons. The van der Waals surface area contributed by atoms with Crippen molar-refractivity contribution in [1.82, 2.24) is 9.80 Å². The number of hydrogen-bond donors (Lipinski definition) is 2. The number of para-hydroxylation sites is 1. The molecule has 2 N–H and O–H groups in total. The van der Waals surface area contributed by atoms with Crippen LogP contribution in [0.2, 0.25) is 0 Å². The standard InChI is InChI=1S/C16H22N4O2/c1-13(20-8-6-19(7-9-20)10-11-21)16(22)18-15-5-3-2-4-14(15)12-17/h2-5,13,21H,6-11H2,1H3,(H,18,22). The van der Waals surface area contributed by atoms with E-state index in [-0.39, 0.29) is 18.6 Å². The van der Waals surface area contributed by atoms with Crippen molar-refractivity contribution in [2.45, 2.75) is 13.0 Å². The summed E-state index contributed by atoms with van der Waals surface area (Å²) in [5.74, 6) is -0.0988. The zero-order valence-corrected chi connectivity index (χ0v) is 12.8. The minimum absolute atomic E-state index is 0.0988.